The Labute approximate surface area is 105 Å². The van der Waals surface area contributed by atoms with E-state index < -0.39 is 0 Å². The van der Waals surface area contributed by atoms with Crippen LogP contribution in [0.1, 0.15) is 18.4 Å². The van der Waals surface area contributed by atoms with Gasteiger partial charge in [0.25, 0.3) is 0 Å². The van der Waals surface area contributed by atoms with Crippen molar-refractivity contribution in [3.05, 3.63) is 35.6 Å². The van der Waals surface area contributed by atoms with Gasteiger partial charge in [-0.15, -0.1) is 11.6 Å². The first-order valence-electron chi connectivity index (χ1n) is 5.80. The van der Waals surface area contributed by atoms with Gasteiger partial charge in [0.15, 0.2) is 0 Å². The summed E-state index contributed by atoms with van der Waals surface area (Å²) in [6.45, 7) is 0.584. The van der Waals surface area contributed by atoms with Gasteiger partial charge in [0.05, 0.1) is 6.42 Å². The summed E-state index contributed by atoms with van der Waals surface area (Å²) in [5.74, 6) is 0.190. The fourth-order valence-electron chi connectivity index (χ4n) is 1.91. The molecule has 0 aromatic heterocycles. The number of rotatable bonds is 5. The number of benzene rings is 1. The van der Waals surface area contributed by atoms with E-state index in [0.29, 0.717) is 18.5 Å². The molecule has 4 heteroatoms. The van der Waals surface area contributed by atoms with Crippen LogP contribution < -0.4 is 0 Å². The molecule has 17 heavy (non-hydrogen) atoms. The highest BCUT2D eigenvalue weighted by molar-refractivity contribution is 6.18. The molecule has 1 aromatic carbocycles. The predicted molar refractivity (Wildman–Crippen MR) is 65.6 cm³/mol. The third-order valence-electron chi connectivity index (χ3n) is 2.88. The van der Waals surface area contributed by atoms with Gasteiger partial charge in [0.1, 0.15) is 5.82 Å². The molecule has 1 fully saturated rings. The second-order valence-electron chi connectivity index (χ2n) is 4.31. The molecule has 0 N–H and O–H groups in total. The Bertz CT molecular complexity index is 406. The quantitative estimate of drug-likeness (QED) is 0.741. The van der Waals surface area contributed by atoms with Gasteiger partial charge in [0, 0.05) is 18.5 Å². The lowest BCUT2D eigenvalue weighted by atomic mass is 10.1. The van der Waals surface area contributed by atoms with E-state index in [1.807, 2.05) is 4.90 Å². The van der Waals surface area contributed by atoms with Crippen LogP contribution in [0.15, 0.2) is 24.3 Å². The van der Waals surface area contributed by atoms with Gasteiger partial charge in [0.2, 0.25) is 5.91 Å². The van der Waals surface area contributed by atoms with Crippen LogP contribution in [0.5, 0.6) is 0 Å². The molecule has 0 unspecified atom stereocenters. The first kappa shape index (κ1) is 12.4. The molecule has 2 rings (SSSR count). The topological polar surface area (TPSA) is 20.3 Å². The minimum atomic E-state index is -0.300. The van der Waals surface area contributed by atoms with Gasteiger partial charge in [-0.3, -0.25) is 4.79 Å². The van der Waals surface area contributed by atoms with Crippen LogP contribution >= 0.6 is 11.6 Å². The van der Waals surface area contributed by atoms with Crippen LogP contribution in [0, 0.1) is 5.82 Å². The Kier molecular flexibility index (Phi) is 4.00. The molecule has 92 valence electrons. The molecule has 1 saturated carbocycles. The van der Waals surface area contributed by atoms with Gasteiger partial charge in [-0.1, -0.05) is 12.1 Å². The second-order valence-corrected chi connectivity index (χ2v) is 4.69. The minimum absolute atomic E-state index is 0.0405. The Balaban J connectivity index is 1.99. The second kappa shape index (κ2) is 5.50. The summed E-state index contributed by atoms with van der Waals surface area (Å²) in [5.41, 5.74) is 0.718. The van der Waals surface area contributed by atoms with Crippen LogP contribution in [0.3, 0.4) is 0 Å². The molecular weight excluding hydrogens is 241 g/mol. The normalized spacial score (nSPS) is 14.7. The average molecular weight is 256 g/mol. The van der Waals surface area contributed by atoms with Crippen molar-refractivity contribution >= 4 is 17.5 Å². The molecule has 1 aromatic rings. The molecule has 0 saturated heterocycles. The molecule has 2 nitrogen and oxygen atoms in total. The van der Waals surface area contributed by atoms with E-state index >= 15 is 0 Å². The molecule has 0 heterocycles. The number of halogens is 2. The maximum absolute atomic E-state index is 13.0. The summed E-state index contributed by atoms with van der Waals surface area (Å²) in [6.07, 6.45) is 2.38. The van der Waals surface area contributed by atoms with Crippen molar-refractivity contribution in [1.82, 2.24) is 4.90 Å². The molecule has 1 aliphatic rings. The maximum atomic E-state index is 13.0. The lowest BCUT2D eigenvalue weighted by molar-refractivity contribution is -0.130. The third-order valence-corrected chi connectivity index (χ3v) is 3.05. The highest BCUT2D eigenvalue weighted by Gasteiger charge is 2.31. The SMILES string of the molecule is O=C(Cc1cccc(F)c1)N(CCCl)C1CC1. The number of hydrogen-bond acceptors (Lipinski definition) is 1. The first-order chi connectivity index (χ1) is 8.20. The summed E-state index contributed by atoms with van der Waals surface area (Å²) in [6, 6.07) is 6.54. The third kappa shape index (κ3) is 3.43. The fourth-order valence-corrected chi connectivity index (χ4v) is 2.09. The predicted octanol–water partition coefficient (Wildman–Crippen LogP) is 2.60. The Morgan fingerprint density at radius 1 is 1.47 bits per heavy atom. The number of nitrogens with zero attached hydrogens (tertiary/aromatic N) is 1. The Morgan fingerprint density at radius 3 is 2.82 bits per heavy atom. The average Bonchev–Trinajstić information content (AvgIpc) is 3.09. The van der Waals surface area contributed by atoms with Crippen molar-refractivity contribution in [2.45, 2.75) is 25.3 Å². The van der Waals surface area contributed by atoms with Gasteiger partial charge < -0.3 is 4.90 Å². The standard InChI is InChI=1S/C13H15ClFNO/c14-6-7-16(12-4-5-12)13(17)9-10-2-1-3-11(15)8-10/h1-3,8,12H,4-7,9H2. The molecule has 0 bridgehead atoms. The van der Waals surface area contributed by atoms with Gasteiger partial charge >= 0.3 is 0 Å². The lowest BCUT2D eigenvalue weighted by Gasteiger charge is -2.21. The first-order valence-corrected chi connectivity index (χ1v) is 6.34. The molecule has 0 aliphatic heterocycles. The van der Waals surface area contributed by atoms with E-state index in [4.69, 9.17) is 11.6 Å². The number of alkyl halides is 1. The molecular formula is C13H15ClFNO. The van der Waals surface area contributed by atoms with E-state index in [0.717, 1.165) is 18.4 Å². The van der Waals surface area contributed by atoms with Crippen molar-refractivity contribution in [1.29, 1.82) is 0 Å². The maximum Gasteiger partial charge on any atom is 0.227 e. The van der Waals surface area contributed by atoms with Crippen LogP contribution in [0.4, 0.5) is 4.39 Å². The van der Waals surface area contributed by atoms with Gasteiger partial charge in [-0.2, -0.15) is 0 Å². The smallest absolute Gasteiger partial charge is 0.227 e. The van der Waals surface area contributed by atoms with Crippen molar-refractivity contribution in [2.24, 2.45) is 0 Å². The van der Waals surface area contributed by atoms with Crippen molar-refractivity contribution in [2.75, 3.05) is 12.4 Å². The van der Waals surface area contributed by atoms with E-state index in [1.54, 1.807) is 12.1 Å². The number of carbonyl (C=O) groups excluding carboxylic acids is 1. The molecule has 0 atom stereocenters. The minimum Gasteiger partial charge on any atom is -0.338 e. The van der Waals surface area contributed by atoms with Gasteiger partial charge in [-0.25, -0.2) is 4.39 Å². The highest BCUT2D eigenvalue weighted by atomic mass is 35.5. The van der Waals surface area contributed by atoms with Crippen LogP contribution in [-0.2, 0) is 11.2 Å². The zero-order valence-electron chi connectivity index (χ0n) is 9.53. The number of hydrogen-bond donors (Lipinski definition) is 0. The lowest BCUT2D eigenvalue weighted by Crippen LogP contribution is -2.35. The zero-order valence-corrected chi connectivity index (χ0v) is 10.3. The summed E-state index contributed by atoms with van der Waals surface area (Å²) in [7, 11) is 0. The van der Waals surface area contributed by atoms with E-state index in [9.17, 15) is 9.18 Å². The van der Waals surface area contributed by atoms with Gasteiger partial charge in [-0.05, 0) is 30.5 Å². The number of amides is 1. The van der Waals surface area contributed by atoms with Crippen molar-refractivity contribution in [3.8, 4) is 0 Å². The monoisotopic (exact) mass is 255 g/mol. The van der Waals surface area contributed by atoms with E-state index in [-0.39, 0.29) is 18.1 Å². The molecule has 0 radical (unpaired) electrons. The highest BCUT2D eigenvalue weighted by Crippen LogP contribution is 2.27. The molecule has 1 amide bonds. The molecule has 0 spiro atoms. The fraction of sp³-hybridized carbons (Fsp3) is 0.462. The number of carbonyl (C=O) groups is 1. The largest absolute Gasteiger partial charge is 0.338 e. The van der Waals surface area contributed by atoms with Crippen LogP contribution in [0.2, 0.25) is 0 Å². The molecule has 1 aliphatic carbocycles. The van der Waals surface area contributed by atoms with Crippen LogP contribution in [-0.4, -0.2) is 29.3 Å². The van der Waals surface area contributed by atoms with E-state index in [2.05, 4.69) is 0 Å². The van der Waals surface area contributed by atoms with E-state index in [1.165, 1.54) is 12.1 Å². The zero-order chi connectivity index (χ0) is 12.3. The summed E-state index contributed by atoms with van der Waals surface area (Å²) in [4.78, 5) is 13.9. The Hall–Kier alpha value is -1.09. The van der Waals surface area contributed by atoms with Crippen LogP contribution in [0.25, 0.3) is 0 Å². The summed E-state index contributed by atoms with van der Waals surface area (Å²) < 4.78 is 13.0. The Morgan fingerprint density at radius 2 is 2.24 bits per heavy atom. The summed E-state index contributed by atoms with van der Waals surface area (Å²) in [5, 5.41) is 0. The van der Waals surface area contributed by atoms with Crippen molar-refractivity contribution in [3.63, 3.8) is 0 Å². The van der Waals surface area contributed by atoms with Crippen molar-refractivity contribution < 1.29 is 9.18 Å². The summed E-state index contributed by atoms with van der Waals surface area (Å²) >= 11 is 5.69.